The Kier molecular flexibility index (Phi) is 3.75. The molecule has 1 fully saturated rings. The lowest BCUT2D eigenvalue weighted by molar-refractivity contribution is 0.0602. The molecule has 1 aliphatic carbocycles. The lowest BCUT2D eigenvalue weighted by atomic mass is 10.1. The average Bonchev–Trinajstić information content (AvgIpc) is 2.76. The van der Waals surface area contributed by atoms with Gasteiger partial charge in [-0.15, -0.1) is 0 Å². The number of carbonyl (C=O) groups excluding carboxylic acids is 1. The van der Waals surface area contributed by atoms with E-state index in [-0.39, 0.29) is 0 Å². The minimum atomic E-state index is -0.393. The molecule has 0 radical (unpaired) electrons. The van der Waals surface area contributed by atoms with Crippen LogP contribution in [0.2, 0.25) is 0 Å². The van der Waals surface area contributed by atoms with E-state index < -0.39 is 5.97 Å². The van der Waals surface area contributed by atoms with Crippen molar-refractivity contribution in [3.63, 3.8) is 0 Å². The maximum atomic E-state index is 11.5. The van der Waals surface area contributed by atoms with Crippen LogP contribution >= 0.6 is 0 Å². The van der Waals surface area contributed by atoms with E-state index in [0.717, 1.165) is 24.4 Å². The summed E-state index contributed by atoms with van der Waals surface area (Å²) in [5, 5.41) is 3.43. The van der Waals surface area contributed by atoms with Crippen molar-refractivity contribution in [2.24, 2.45) is 5.92 Å². The predicted molar refractivity (Wildman–Crippen MR) is 72.6 cm³/mol. The molecule has 1 aliphatic rings. The van der Waals surface area contributed by atoms with Crippen LogP contribution in [0.4, 0.5) is 11.4 Å². The van der Waals surface area contributed by atoms with E-state index in [2.05, 4.69) is 12.2 Å². The van der Waals surface area contributed by atoms with E-state index in [0.29, 0.717) is 17.3 Å². The number of rotatable bonds is 3. The average molecular weight is 248 g/mol. The van der Waals surface area contributed by atoms with E-state index in [4.69, 9.17) is 10.5 Å². The van der Waals surface area contributed by atoms with Crippen LogP contribution in [0.15, 0.2) is 18.2 Å². The number of nitrogens with two attached hydrogens (primary N) is 1. The lowest BCUT2D eigenvalue weighted by Crippen LogP contribution is -2.17. The molecule has 4 heteroatoms. The molecule has 0 saturated heterocycles. The van der Waals surface area contributed by atoms with Gasteiger partial charge in [-0.1, -0.05) is 13.0 Å². The van der Waals surface area contributed by atoms with E-state index in [1.807, 2.05) is 12.1 Å². The summed E-state index contributed by atoms with van der Waals surface area (Å²) in [7, 11) is 1.36. The second-order valence-corrected chi connectivity index (χ2v) is 5.02. The number of hydrogen-bond acceptors (Lipinski definition) is 4. The van der Waals surface area contributed by atoms with Gasteiger partial charge in [0.1, 0.15) is 0 Å². The molecule has 98 valence electrons. The molecule has 18 heavy (non-hydrogen) atoms. The highest BCUT2D eigenvalue weighted by atomic mass is 16.5. The van der Waals surface area contributed by atoms with Gasteiger partial charge in [-0.3, -0.25) is 0 Å². The molecule has 0 spiro atoms. The molecular formula is C14H20N2O2. The summed E-state index contributed by atoms with van der Waals surface area (Å²) >= 11 is 0. The molecule has 1 aromatic carbocycles. The summed E-state index contributed by atoms with van der Waals surface area (Å²) in [6.07, 6.45) is 3.55. The van der Waals surface area contributed by atoms with Crippen molar-refractivity contribution in [3.05, 3.63) is 23.8 Å². The quantitative estimate of drug-likeness (QED) is 0.637. The molecule has 3 N–H and O–H groups in total. The highest BCUT2D eigenvalue weighted by Gasteiger charge is 2.22. The Morgan fingerprint density at radius 2 is 2.22 bits per heavy atom. The first kappa shape index (κ1) is 12.7. The molecule has 0 amide bonds. The topological polar surface area (TPSA) is 64.3 Å². The molecule has 0 heterocycles. The maximum Gasteiger partial charge on any atom is 0.340 e. The molecular weight excluding hydrogens is 228 g/mol. The fourth-order valence-electron chi connectivity index (χ4n) is 2.54. The number of nitrogen functional groups attached to an aromatic ring is 1. The summed E-state index contributed by atoms with van der Waals surface area (Å²) in [6.45, 7) is 2.26. The highest BCUT2D eigenvalue weighted by Crippen LogP contribution is 2.30. The van der Waals surface area contributed by atoms with Crippen molar-refractivity contribution in [1.82, 2.24) is 0 Å². The van der Waals surface area contributed by atoms with Crippen LogP contribution in [0.5, 0.6) is 0 Å². The molecule has 0 bridgehead atoms. The Labute approximate surface area is 108 Å². The van der Waals surface area contributed by atoms with E-state index in [1.54, 1.807) is 6.07 Å². The second kappa shape index (κ2) is 5.29. The minimum absolute atomic E-state index is 0.393. The molecule has 2 unspecified atom stereocenters. The van der Waals surface area contributed by atoms with Crippen LogP contribution in [0, 0.1) is 5.92 Å². The molecule has 2 rings (SSSR count). The van der Waals surface area contributed by atoms with Crippen LogP contribution in [-0.2, 0) is 4.74 Å². The number of benzene rings is 1. The number of esters is 1. The Morgan fingerprint density at radius 1 is 1.44 bits per heavy atom. The normalized spacial score (nSPS) is 22.8. The highest BCUT2D eigenvalue weighted by molar-refractivity contribution is 5.98. The van der Waals surface area contributed by atoms with Crippen LogP contribution in [-0.4, -0.2) is 19.1 Å². The molecule has 1 aromatic rings. The predicted octanol–water partition coefficient (Wildman–Crippen LogP) is 2.66. The summed E-state index contributed by atoms with van der Waals surface area (Å²) in [6, 6.07) is 5.87. The third-order valence-electron chi connectivity index (χ3n) is 3.57. The van der Waals surface area contributed by atoms with E-state index in [1.165, 1.54) is 13.5 Å². The van der Waals surface area contributed by atoms with E-state index >= 15 is 0 Å². The lowest BCUT2D eigenvalue weighted by Gasteiger charge is -2.17. The third-order valence-corrected chi connectivity index (χ3v) is 3.57. The number of methoxy groups -OCH3 is 1. The zero-order chi connectivity index (χ0) is 13.1. The molecule has 0 aromatic heterocycles. The standard InChI is InChI=1S/C14H20N2O2/c1-9-6-7-10(8-9)16-12-5-3-4-11(13(12)15)14(17)18-2/h3-5,9-10,16H,6-8,15H2,1-2H3. The van der Waals surface area contributed by atoms with Gasteiger partial charge in [0, 0.05) is 6.04 Å². The molecule has 2 atom stereocenters. The SMILES string of the molecule is COC(=O)c1cccc(NC2CCC(C)C2)c1N. The fourth-order valence-corrected chi connectivity index (χ4v) is 2.54. The Morgan fingerprint density at radius 3 is 2.83 bits per heavy atom. The molecule has 1 saturated carbocycles. The fraction of sp³-hybridized carbons (Fsp3) is 0.500. The van der Waals surface area contributed by atoms with Crippen molar-refractivity contribution in [2.45, 2.75) is 32.2 Å². The van der Waals surface area contributed by atoms with Crippen molar-refractivity contribution in [1.29, 1.82) is 0 Å². The van der Waals surface area contributed by atoms with Crippen molar-refractivity contribution >= 4 is 17.3 Å². The molecule has 0 aliphatic heterocycles. The van der Waals surface area contributed by atoms with Gasteiger partial charge < -0.3 is 15.8 Å². The van der Waals surface area contributed by atoms with Crippen molar-refractivity contribution in [3.8, 4) is 0 Å². The number of para-hydroxylation sites is 1. The smallest absolute Gasteiger partial charge is 0.340 e. The largest absolute Gasteiger partial charge is 0.465 e. The van der Waals surface area contributed by atoms with Crippen LogP contribution in [0.25, 0.3) is 0 Å². The Balaban J connectivity index is 2.16. The Bertz CT molecular complexity index is 445. The summed E-state index contributed by atoms with van der Waals surface area (Å²) in [5.41, 5.74) is 7.74. The summed E-state index contributed by atoms with van der Waals surface area (Å²) in [4.78, 5) is 11.5. The number of hydrogen-bond donors (Lipinski definition) is 2. The van der Waals surface area contributed by atoms with Gasteiger partial charge in [-0.2, -0.15) is 0 Å². The van der Waals surface area contributed by atoms with Gasteiger partial charge in [-0.05, 0) is 37.3 Å². The minimum Gasteiger partial charge on any atom is -0.465 e. The first-order valence-electron chi connectivity index (χ1n) is 6.35. The summed E-state index contributed by atoms with van der Waals surface area (Å²) in [5.74, 6) is 0.364. The number of nitrogens with one attached hydrogen (secondary N) is 1. The zero-order valence-corrected chi connectivity index (χ0v) is 10.9. The first-order valence-corrected chi connectivity index (χ1v) is 6.35. The monoisotopic (exact) mass is 248 g/mol. The second-order valence-electron chi connectivity index (χ2n) is 5.02. The molecule has 4 nitrogen and oxygen atoms in total. The number of carbonyl (C=O) groups is 1. The number of anilines is 2. The van der Waals surface area contributed by atoms with Gasteiger partial charge in [-0.25, -0.2) is 4.79 Å². The zero-order valence-electron chi connectivity index (χ0n) is 10.9. The van der Waals surface area contributed by atoms with Crippen LogP contribution in [0.1, 0.15) is 36.5 Å². The number of ether oxygens (including phenoxy) is 1. The van der Waals surface area contributed by atoms with Crippen LogP contribution in [0.3, 0.4) is 0 Å². The van der Waals surface area contributed by atoms with Crippen molar-refractivity contribution < 1.29 is 9.53 Å². The van der Waals surface area contributed by atoms with Gasteiger partial charge in [0.15, 0.2) is 0 Å². The van der Waals surface area contributed by atoms with Crippen molar-refractivity contribution in [2.75, 3.05) is 18.2 Å². The van der Waals surface area contributed by atoms with Gasteiger partial charge >= 0.3 is 5.97 Å². The van der Waals surface area contributed by atoms with E-state index in [9.17, 15) is 4.79 Å². The Hall–Kier alpha value is -1.71. The maximum absolute atomic E-state index is 11.5. The summed E-state index contributed by atoms with van der Waals surface area (Å²) < 4.78 is 4.71. The van der Waals surface area contributed by atoms with Crippen LogP contribution < -0.4 is 11.1 Å². The van der Waals surface area contributed by atoms with Gasteiger partial charge in [0.2, 0.25) is 0 Å². The third kappa shape index (κ3) is 2.58. The van der Waals surface area contributed by atoms with Gasteiger partial charge in [0.25, 0.3) is 0 Å². The first-order chi connectivity index (χ1) is 8.61. The van der Waals surface area contributed by atoms with Gasteiger partial charge in [0.05, 0.1) is 24.0 Å².